The van der Waals surface area contributed by atoms with E-state index in [2.05, 4.69) is 0 Å². The van der Waals surface area contributed by atoms with Crippen LogP contribution in [0.3, 0.4) is 0 Å². The monoisotopic (exact) mass is 303 g/mol. The van der Waals surface area contributed by atoms with Gasteiger partial charge >= 0.3 is 5.97 Å². The van der Waals surface area contributed by atoms with E-state index in [0.717, 1.165) is 22.5 Å². The Hall–Kier alpha value is -1.51. The topological polar surface area (TPSA) is 94.9 Å². The largest absolute Gasteiger partial charge is 0.478 e. The molecule has 1 saturated heterocycles. The molecule has 1 aromatic rings. The van der Waals surface area contributed by atoms with Crippen LogP contribution in [0, 0.1) is 5.82 Å². The summed E-state index contributed by atoms with van der Waals surface area (Å²) in [6.07, 6.45) is 1.17. The molecule has 0 aliphatic carbocycles. The van der Waals surface area contributed by atoms with Gasteiger partial charge in [0.1, 0.15) is 5.82 Å². The summed E-state index contributed by atoms with van der Waals surface area (Å²) in [6, 6.07) is 2.14. The van der Waals surface area contributed by atoms with Crippen molar-refractivity contribution in [2.75, 3.05) is 13.2 Å². The first-order valence-electron chi connectivity index (χ1n) is 6.03. The molecular formula is C12H14FNO5S. The lowest BCUT2D eigenvalue weighted by atomic mass is 10.2. The van der Waals surface area contributed by atoms with Gasteiger partial charge in [-0.05, 0) is 31.0 Å². The fraction of sp³-hybridized carbons (Fsp3) is 0.417. The van der Waals surface area contributed by atoms with Crippen molar-refractivity contribution in [2.45, 2.75) is 23.8 Å². The van der Waals surface area contributed by atoms with Gasteiger partial charge in [-0.15, -0.1) is 0 Å². The fourth-order valence-corrected chi connectivity index (χ4v) is 3.98. The maximum absolute atomic E-state index is 13.3. The first-order chi connectivity index (χ1) is 9.37. The lowest BCUT2D eigenvalue weighted by Gasteiger charge is -2.22. The number of carbonyl (C=O) groups is 1. The Morgan fingerprint density at radius 1 is 1.45 bits per heavy atom. The van der Waals surface area contributed by atoms with Crippen molar-refractivity contribution in [3.63, 3.8) is 0 Å². The number of aliphatic hydroxyl groups is 1. The Kier molecular flexibility index (Phi) is 4.07. The second-order valence-electron chi connectivity index (χ2n) is 4.54. The Morgan fingerprint density at radius 3 is 2.75 bits per heavy atom. The lowest BCUT2D eigenvalue weighted by Crippen LogP contribution is -2.37. The smallest absolute Gasteiger partial charge is 0.338 e. The fourth-order valence-electron chi connectivity index (χ4n) is 2.27. The second kappa shape index (κ2) is 5.47. The van der Waals surface area contributed by atoms with Crippen LogP contribution in [0.4, 0.5) is 4.39 Å². The first kappa shape index (κ1) is 14.9. The Bertz CT molecular complexity index is 631. The van der Waals surface area contributed by atoms with E-state index >= 15 is 0 Å². The molecule has 0 bridgehead atoms. The molecule has 8 heteroatoms. The minimum absolute atomic E-state index is 0.257. The molecule has 0 saturated carbocycles. The van der Waals surface area contributed by atoms with Crippen LogP contribution in [0.2, 0.25) is 0 Å². The summed E-state index contributed by atoms with van der Waals surface area (Å²) in [5.74, 6) is -2.52. The third-order valence-electron chi connectivity index (χ3n) is 3.31. The molecule has 1 aliphatic heterocycles. The Balaban J connectivity index is 2.44. The van der Waals surface area contributed by atoms with Gasteiger partial charge in [-0.25, -0.2) is 17.6 Å². The molecule has 0 radical (unpaired) electrons. The van der Waals surface area contributed by atoms with E-state index in [9.17, 15) is 22.7 Å². The van der Waals surface area contributed by atoms with Gasteiger partial charge in [-0.3, -0.25) is 0 Å². The van der Waals surface area contributed by atoms with E-state index in [1.54, 1.807) is 0 Å². The Labute approximate surface area is 115 Å². The molecular weight excluding hydrogens is 289 g/mol. The first-order valence-corrected chi connectivity index (χ1v) is 7.47. The number of aliphatic hydroxyl groups excluding tert-OH is 1. The van der Waals surface area contributed by atoms with Crippen LogP contribution in [-0.4, -0.2) is 48.1 Å². The number of carboxylic acids is 1. The third-order valence-corrected chi connectivity index (χ3v) is 5.26. The number of benzene rings is 1. The number of nitrogens with zero attached hydrogens (tertiary/aromatic N) is 1. The van der Waals surface area contributed by atoms with Gasteiger partial charge in [-0.2, -0.15) is 4.31 Å². The molecule has 0 spiro atoms. The van der Waals surface area contributed by atoms with Gasteiger partial charge in [0.2, 0.25) is 10.0 Å². The predicted octanol–water partition coefficient (Wildman–Crippen LogP) is 0.669. The highest BCUT2D eigenvalue weighted by atomic mass is 32.2. The van der Waals surface area contributed by atoms with Crippen molar-refractivity contribution in [3.05, 3.63) is 29.6 Å². The molecule has 1 aliphatic rings. The minimum atomic E-state index is -3.93. The number of halogens is 1. The quantitative estimate of drug-likeness (QED) is 0.852. The number of rotatable bonds is 4. The van der Waals surface area contributed by atoms with Gasteiger partial charge in [0.25, 0.3) is 0 Å². The van der Waals surface area contributed by atoms with Crippen molar-refractivity contribution in [3.8, 4) is 0 Å². The third kappa shape index (κ3) is 2.54. The van der Waals surface area contributed by atoms with Crippen LogP contribution in [-0.2, 0) is 10.0 Å². The molecule has 1 atom stereocenters. The molecule has 1 heterocycles. The molecule has 1 unspecified atom stereocenters. The van der Waals surface area contributed by atoms with E-state index in [0.29, 0.717) is 12.8 Å². The highest BCUT2D eigenvalue weighted by Gasteiger charge is 2.35. The van der Waals surface area contributed by atoms with Crippen LogP contribution in [0.1, 0.15) is 23.2 Å². The maximum atomic E-state index is 13.3. The summed E-state index contributed by atoms with van der Waals surface area (Å²) >= 11 is 0. The lowest BCUT2D eigenvalue weighted by molar-refractivity contribution is 0.0691. The second-order valence-corrected chi connectivity index (χ2v) is 6.43. The van der Waals surface area contributed by atoms with Gasteiger partial charge in [-0.1, -0.05) is 0 Å². The van der Waals surface area contributed by atoms with Crippen LogP contribution in [0.15, 0.2) is 23.1 Å². The van der Waals surface area contributed by atoms with Crippen molar-refractivity contribution in [1.82, 2.24) is 4.31 Å². The highest BCUT2D eigenvalue weighted by molar-refractivity contribution is 7.89. The van der Waals surface area contributed by atoms with Crippen molar-refractivity contribution in [2.24, 2.45) is 0 Å². The zero-order valence-corrected chi connectivity index (χ0v) is 11.3. The van der Waals surface area contributed by atoms with E-state index < -0.39 is 33.4 Å². The number of sulfonamides is 1. The number of hydrogen-bond acceptors (Lipinski definition) is 4. The van der Waals surface area contributed by atoms with Gasteiger partial charge in [0.15, 0.2) is 0 Å². The molecule has 6 nitrogen and oxygen atoms in total. The molecule has 110 valence electrons. The molecule has 0 amide bonds. The number of aromatic carboxylic acids is 1. The Morgan fingerprint density at radius 2 is 2.15 bits per heavy atom. The van der Waals surface area contributed by atoms with Crippen LogP contribution >= 0.6 is 0 Å². The molecule has 1 fully saturated rings. The zero-order chi connectivity index (χ0) is 14.9. The van der Waals surface area contributed by atoms with Gasteiger partial charge < -0.3 is 10.2 Å². The molecule has 20 heavy (non-hydrogen) atoms. The molecule has 2 N–H and O–H groups in total. The SMILES string of the molecule is O=C(O)c1cc(S(=O)(=O)N2CCCC2CO)ccc1F. The van der Waals surface area contributed by atoms with Gasteiger partial charge in [0.05, 0.1) is 17.1 Å². The number of carboxylic acid groups (broad SMARTS) is 1. The normalized spacial score (nSPS) is 20.2. The van der Waals surface area contributed by atoms with E-state index in [4.69, 9.17) is 5.11 Å². The van der Waals surface area contributed by atoms with Gasteiger partial charge in [0, 0.05) is 12.6 Å². The predicted molar refractivity (Wildman–Crippen MR) is 67.4 cm³/mol. The summed E-state index contributed by atoms with van der Waals surface area (Å²) in [5, 5.41) is 18.0. The summed E-state index contributed by atoms with van der Waals surface area (Å²) in [5.41, 5.74) is -0.689. The van der Waals surface area contributed by atoms with E-state index in [1.165, 1.54) is 0 Å². The maximum Gasteiger partial charge on any atom is 0.338 e. The van der Waals surface area contributed by atoms with Crippen LogP contribution in [0.5, 0.6) is 0 Å². The summed E-state index contributed by atoms with van der Waals surface area (Å²) in [4.78, 5) is 10.6. The summed E-state index contributed by atoms with van der Waals surface area (Å²) < 4.78 is 39.2. The molecule has 1 aromatic carbocycles. The summed E-state index contributed by atoms with van der Waals surface area (Å²) in [7, 11) is -3.93. The van der Waals surface area contributed by atoms with Crippen molar-refractivity contribution in [1.29, 1.82) is 0 Å². The standard InChI is InChI=1S/C12H14FNO5S/c13-11-4-3-9(6-10(11)12(16)17)20(18,19)14-5-1-2-8(14)7-15/h3-4,6,8,15H,1-2,5,7H2,(H,16,17). The summed E-state index contributed by atoms with van der Waals surface area (Å²) in [6.45, 7) is -0.0421. The molecule has 2 rings (SSSR count). The van der Waals surface area contributed by atoms with Crippen LogP contribution < -0.4 is 0 Å². The van der Waals surface area contributed by atoms with E-state index in [-0.39, 0.29) is 18.0 Å². The van der Waals surface area contributed by atoms with E-state index in [1.807, 2.05) is 0 Å². The minimum Gasteiger partial charge on any atom is -0.478 e. The number of hydrogen-bond donors (Lipinski definition) is 2. The zero-order valence-electron chi connectivity index (χ0n) is 10.5. The average molecular weight is 303 g/mol. The average Bonchev–Trinajstić information content (AvgIpc) is 2.87. The molecule has 0 aromatic heterocycles. The van der Waals surface area contributed by atoms with Crippen molar-refractivity contribution < 1.29 is 27.8 Å². The highest BCUT2D eigenvalue weighted by Crippen LogP contribution is 2.26. The van der Waals surface area contributed by atoms with Crippen LogP contribution in [0.25, 0.3) is 0 Å². The van der Waals surface area contributed by atoms with Crippen molar-refractivity contribution >= 4 is 16.0 Å².